The number of rotatable bonds is 3. The van der Waals surface area contributed by atoms with Crippen LogP contribution in [-0.4, -0.2) is 48.5 Å². The van der Waals surface area contributed by atoms with Crippen molar-refractivity contribution >= 4 is 18.3 Å². The van der Waals surface area contributed by atoms with Crippen molar-refractivity contribution in [3.63, 3.8) is 0 Å². The predicted molar refractivity (Wildman–Crippen MR) is 77.6 cm³/mol. The third kappa shape index (κ3) is 4.45. The SMILES string of the molecule is CNC(=O)c1ccc(CN2CCN[C@H](C)C2)cn1.Cl. The molecule has 5 nitrogen and oxygen atoms in total. The highest BCUT2D eigenvalue weighted by Crippen LogP contribution is 2.07. The molecule has 2 rings (SSSR count). The van der Waals surface area contributed by atoms with Crippen molar-refractivity contribution < 1.29 is 4.79 Å². The molecule has 1 aliphatic rings. The Morgan fingerprint density at radius 1 is 1.58 bits per heavy atom. The van der Waals surface area contributed by atoms with Crippen LogP contribution in [0, 0.1) is 0 Å². The van der Waals surface area contributed by atoms with Crippen molar-refractivity contribution in [1.29, 1.82) is 0 Å². The molecule has 0 spiro atoms. The van der Waals surface area contributed by atoms with Crippen molar-refractivity contribution in [2.75, 3.05) is 26.7 Å². The lowest BCUT2D eigenvalue weighted by molar-refractivity contribution is 0.0958. The zero-order valence-corrected chi connectivity index (χ0v) is 12.2. The molecule has 1 aromatic heterocycles. The Labute approximate surface area is 120 Å². The highest BCUT2D eigenvalue weighted by Gasteiger charge is 2.15. The monoisotopic (exact) mass is 284 g/mol. The van der Waals surface area contributed by atoms with Crippen LogP contribution in [0.15, 0.2) is 18.3 Å². The molecule has 1 aromatic rings. The molecule has 0 unspecified atom stereocenters. The van der Waals surface area contributed by atoms with Gasteiger partial charge in [0.25, 0.3) is 5.91 Å². The van der Waals surface area contributed by atoms with Crippen LogP contribution in [0.2, 0.25) is 0 Å². The molecule has 1 saturated heterocycles. The molecule has 19 heavy (non-hydrogen) atoms. The van der Waals surface area contributed by atoms with E-state index in [4.69, 9.17) is 0 Å². The molecule has 0 aromatic carbocycles. The van der Waals surface area contributed by atoms with Crippen molar-refractivity contribution in [2.24, 2.45) is 0 Å². The summed E-state index contributed by atoms with van der Waals surface area (Å²) in [5.74, 6) is -0.141. The zero-order chi connectivity index (χ0) is 13.0. The predicted octanol–water partition coefficient (Wildman–Crippen LogP) is 0.657. The van der Waals surface area contributed by atoms with Crippen LogP contribution in [0.5, 0.6) is 0 Å². The standard InChI is InChI=1S/C13H20N4O.ClH/c1-10-8-17(6-5-15-10)9-11-3-4-12(16-7-11)13(18)14-2;/h3-4,7,10,15H,5-6,8-9H2,1-2H3,(H,14,18);1H/t10-;/m1./s1. The van der Waals surface area contributed by atoms with E-state index < -0.39 is 0 Å². The lowest BCUT2D eigenvalue weighted by Gasteiger charge is -2.31. The van der Waals surface area contributed by atoms with Crippen LogP contribution in [0.25, 0.3) is 0 Å². The molecule has 0 bridgehead atoms. The Morgan fingerprint density at radius 2 is 2.37 bits per heavy atom. The van der Waals surface area contributed by atoms with Crippen LogP contribution >= 0.6 is 12.4 Å². The van der Waals surface area contributed by atoms with E-state index in [9.17, 15) is 4.79 Å². The second-order valence-electron chi connectivity index (χ2n) is 4.72. The summed E-state index contributed by atoms with van der Waals surface area (Å²) in [6.45, 7) is 6.23. The molecule has 0 radical (unpaired) electrons. The van der Waals surface area contributed by atoms with Gasteiger partial charge in [-0.2, -0.15) is 0 Å². The second-order valence-corrected chi connectivity index (χ2v) is 4.72. The molecule has 1 aliphatic heterocycles. The van der Waals surface area contributed by atoms with Crippen LogP contribution in [0.3, 0.4) is 0 Å². The molecule has 0 aliphatic carbocycles. The summed E-state index contributed by atoms with van der Waals surface area (Å²) in [5.41, 5.74) is 1.62. The molecule has 106 valence electrons. The van der Waals surface area contributed by atoms with Gasteiger partial charge in [0.05, 0.1) is 0 Å². The Hall–Kier alpha value is -1.17. The summed E-state index contributed by atoms with van der Waals surface area (Å²) in [6, 6.07) is 4.29. The normalized spacial score (nSPS) is 19.6. The van der Waals surface area contributed by atoms with Crippen molar-refractivity contribution in [1.82, 2.24) is 20.5 Å². The number of piperazine rings is 1. The van der Waals surface area contributed by atoms with Gasteiger partial charge >= 0.3 is 0 Å². The van der Waals surface area contributed by atoms with E-state index in [1.54, 1.807) is 19.3 Å². The number of nitrogens with zero attached hydrogens (tertiary/aromatic N) is 2. The first kappa shape index (κ1) is 15.9. The molecule has 1 atom stereocenters. The number of hydrogen-bond acceptors (Lipinski definition) is 4. The van der Waals surface area contributed by atoms with Gasteiger partial charge in [-0.25, -0.2) is 0 Å². The Balaban J connectivity index is 0.00000180. The average Bonchev–Trinajstić information content (AvgIpc) is 2.39. The van der Waals surface area contributed by atoms with Crippen LogP contribution in [0.4, 0.5) is 0 Å². The van der Waals surface area contributed by atoms with Gasteiger partial charge in [-0.3, -0.25) is 14.7 Å². The summed E-state index contributed by atoms with van der Waals surface area (Å²) >= 11 is 0. The fourth-order valence-corrected chi connectivity index (χ4v) is 2.19. The number of hydrogen-bond donors (Lipinski definition) is 2. The minimum absolute atomic E-state index is 0. The fraction of sp³-hybridized carbons (Fsp3) is 0.538. The summed E-state index contributed by atoms with van der Waals surface area (Å²) in [4.78, 5) is 17.9. The third-order valence-electron chi connectivity index (χ3n) is 3.14. The molecule has 1 amide bonds. The lowest BCUT2D eigenvalue weighted by atomic mass is 10.2. The maximum atomic E-state index is 11.4. The van der Waals surface area contributed by atoms with Gasteiger partial charge in [0.15, 0.2) is 0 Å². The second kappa shape index (κ2) is 7.43. The smallest absolute Gasteiger partial charge is 0.269 e. The first-order valence-corrected chi connectivity index (χ1v) is 6.32. The first-order valence-electron chi connectivity index (χ1n) is 6.32. The van der Waals surface area contributed by atoms with Crippen LogP contribution < -0.4 is 10.6 Å². The Kier molecular flexibility index (Phi) is 6.21. The highest BCUT2D eigenvalue weighted by atomic mass is 35.5. The van der Waals surface area contributed by atoms with E-state index in [0.717, 1.165) is 31.7 Å². The van der Waals surface area contributed by atoms with Crippen molar-refractivity contribution in [3.8, 4) is 0 Å². The van der Waals surface area contributed by atoms with E-state index in [2.05, 4.69) is 27.4 Å². The van der Waals surface area contributed by atoms with Gasteiger partial charge in [0, 0.05) is 45.5 Å². The van der Waals surface area contributed by atoms with Crippen molar-refractivity contribution in [3.05, 3.63) is 29.6 Å². The van der Waals surface area contributed by atoms with E-state index in [1.165, 1.54) is 0 Å². The number of carbonyl (C=O) groups excluding carboxylic acids is 1. The topological polar surface area (TPSA) is 57.3 Å². The minimum Gasteiger partial charge on any atom is -0.354 e. The Morgan fingerprint density at radius 3 is 2.95 bits per heavy atom. The fourth-order valence-electron chi connectivity index (χ4n) is 2.19. The molecule has 2 heterocycles. The number of pyridine rings is 1. The summed E-state index contributed by atoms with van der Waals surface area (Å²) in [7, 11) is 1.61. The van der Waals surface area contributed by atoms with Crippen molar-refractivity contribution in [2.45, 2.75) is 19.5 Å². The summed E-state index contributed by atoms with van der Waals surface area (Å²) < 4.78 is 0. The number of aromatic nitrogens is 1. The van der Waals surface area contributed by atoms with Crippen LogP contribution in [0.1, 0.15) is 23.0 Å². The van der Waals surface area contributed by atoms with Gasteiger partial charge < -0.3 is 10.6 Å². The number of amides is 1. The summed E-state index contributed by atoms with van der Waals surface area (Å²) in [5, 5.41) is 5.99. The molecule has 2 N–H and O–H groups in total. The number of nitrogens with one attached hydrogen (secondary N) is 2. The summed E-state index contributed by atoms with van der Waals surface area (Å²) in [6.07, 6.45) is 1.79. The van der Waals surface area contributed by atoms with Gasteiger partial charge in [-0.15, -0.1) is 12.4 Å². The number of halogens is 1. The van der Waals surface area contributed by atoms with Gasteiger partial charge in [0.1, 0.15) is 5.69 Å². The van der Waals surface area contributed by atoms with Gasteiger partial charge in [0.2, 0.25) is 0 Å². The molecule has 0 saturated carbocycles. The zero-order valence-electron chi connectivity index (χ0n) is 11.3. The quantitative estimate of drug-likeness (QED) is 0.856. The maximum absolute atomic E-state index is 11.4. The maximum Gasteiger partial charge on any atom is 0.269 e. The first-order chi connectivity index (χ1) is 8.69. The molecular weight excluding hydrogens is 264 g/mol. The van der Waals surface area contributed by atoms with Crippen LogP contribution in [-0.2, 0) is 6.54 Å². The van der Waals surface area contributed by atoms with Gasteiger partial charge in [-0.05, 0) is 18.6 Å². The minimum atomic E-state index is -0.141. The lowest BCUT2D eigenvalue weighted by Crippen LogP contribution is -2.48. The average molecular weight is 285 g/mol. The van der Waals surface area contributed by atoms with E-state index in [1.807, 2.05) is 6.07 Å². The van der Waals surface area contributed by atoms with E-state index in [0.29, 0.717) is 11.7 Å². The molecule has 1 fully saturated rings. The number of carbonyl (C=O) groups is 1. The molecular formula is C13H21ClN4O. The third-order valence-corrected chi connectivity index (χ3v) is 3.14. The molecule has 6 heteroatoms. The van der Waals surface area contributed by atoms with E-state index >= 15 is 0 Å². The van der Waals surface area contributed by atoms with Gasteiger partial charge in [-0.1, -0.05) is 6.07 Å². The van der Waals surface area contributed by atoms with E-state index in [-0.39, 0.29) is 18.3 Å². The Bertz CT molecular complexity index is 410. The largest absolute Gasteiger partial charge is 0.354 e. The highest BCUT2D eigenvalue weighted by molar-refractivity contribution is 5.91.